The van der Waals surface area contributed by atoms with Crippen molar-refractivity contribution in [2.75, 3.05) is 13.2 Å². The minimum Gasteiger partial charge on any atom is -0.480 e. The maximum atomic E-state index is 11.4. The number of carboxylic acid groups (broad SMARTS) is 1. The van der Waals surface area contributed by atoms with E-state index in [1.807, 2.05) is 31.2 Å². The van der Waals surface area contributed by atoms with Crippen LogP contribution in [0.15, 0.2) is 24.3 Å². The Balaban J connectivity index is 2.90. The maximum Gasteiger partial charge on any atom is 0.328 e. The smallest absolute Gasteiger partial charge is 0.328 e. The molecule has 17 heavy (non-hydrogen) atoms. The van der Waals surface area contributed by atoms with E-state index in [1.54, 1.807) is 6.92 Å². The van der Waals surface area contributed by atoms with Crippen LogP contribution in [0.4, 0.5) is 0 Å². The van der Waals surface area contributed by atoms with Crippen molar-refractivity contribution in [3.05, 3.63) is 35.4 Å². The monoisotopic (exact) mass is 237 g/mol. The molecule has 0 amide bonds. The van der Waals surface area contributed by atoms with Gasteiger partial charge in [0.2, 0.25) is 0 Å². The molecule has 1 aromatic rings. The molecule has 0 aliphatic rings. The molecule has 0 spiro atoms. The van der Waals surface area contributed by atoms with Gasteiger partial charge >= 0.3 is 5.97 Å². The summed E-state index contributed by atoms with van der Waals surface area (Å²) in [6, 6.07) is 7.42. The summed E-state index contributed by atoms with van der Waals surface area (Å²) in [7, 11) is 0. The molecule has 3 N–H and O–H groups in total. The molecule has 0 fully saturated rings. The summed E-state index contributed by atoms with van der Waals surface area (Å²) in [5.41, 5.74) is 0.702. The summed E-state index contributed by atoms with van der Waals surface area (Å²) < 4.78 is 0. The number of carboxylic acids is 1. The molecule has 0 saturated carbocycles. The van der Waals surface area contributed by atoms with Gasteiger partial charge in [-0.25, -0.2) is 4.79 Å². The molecule has 4 heteroatoms. The van der Waals surface area contributed by atoms with Crippen LogP contribution in [0.5, 0.6) is 0 Å². The molecule has 0 saturated heterocycles. The highest BCUT2D eigenvalue weighted by Gasteiger charge is 2.34. The van der Waals surface area contributed by atoms with E-state index in [2.05, 4.69) is 5.32 Å². The Labute approximate surface area is 101 Å². The zero-order valence-corrected chi connectivity index (χ0v) is 10.2. The van der Waals surface area contributed by atoms with Crippen LogP contribution in [0.2, 0.25) is 0 Å². The van der Waals surface area contributed by atoms with Gasteiger partial charge in [0.15, 0.2) is 0 Å². The highest BCUT2D eigenvalue weighted by atomic mass is 16.4. The van der Waals surface area contributed by atoms with Gasteiger partial charge < -0.3 is 10.2 Å². The average Bonchev–Trinajstić information content (AvgIpc) is 2.29. The van der Waals surface area contributed by atoms with Gasteiger partial charge in [-0.15, -0.1) is 0 Å². The molecule has 4 nitrogen and oxygen atoms in total. The van der Waals surface area contributed by atoms with E-state index in [4.69, 9.17) is 5.11 Å². The van der Waals surface area contributed by atoms with Gasteiger partial charge in [0.25, 0.3) is 0 Å². The molecule has 1 unspecified atom stereocenters. The zero-order valence-electron chi connectivity index (χ0n) is 10.2. The van der Waals surface area contributed by atoms with E-state index in [1.165, 1.54) is 0 Å². The number of rotatable bonds is 6. The van der Waals surface area contributed by atoms with Gasteiger partial charge in [-0.1, -0.05) is 29.8 Å². The number of aryl methyl sites for hydroxylation is 1. The lowest BCUT2D eigenvalue weighted by Crippen LogP contribution is -2.47. The number of carbonyl (C=O) groups is 1. The van der Waals surface area contributed by atoms with Gasteiger partial charge in [0.05, 0.1) is 0 Å². The second-order valence-corrected chi connectivity index (χ2v) is 4.30. The number of aliphatic hydroxyl groups is 1. The standard InChI is InChI=1S/C13H19NO3/c1-10-4-6-11(7-5-10)13(2,12(16)17)14-8-3-9-15/h4-7,14-15H,3,8-9H2,1-2H3,(H,16,17). The van der Waals surface area contributed by atoms with Gasteiger partial charge in [-0.2, -0.15) is 0 Å². The van der Waals surface area contributed by atoms with Gasteiger partial charge in [0.1, 0.15) is 5.54 Å². The summed E-state index contributed by atoms with van der Waals surface area (Å²) in [6.07, 6.45) is 0.536. The summed E-state index contributed by atoms with van der Waals surface area (Å²) in [6.45, 7) is 4.11. The van der Waals surface area contributed by atoms with Crippen molar-refractivity contribution < 1.29 is 15.0 Å². The summed E-state index contributed by atoms with van der Waals surface area (Å²) in [4.78, 5) is 11.4. The molecule has 1 aromatic carbocycles. The van der Waals surface area contributed by atoms with E-state index >= 15 is 0 Å². The lowest BCUT2D eigenvalue weighted by molar-refractivity contribution is -0.144. The van der Waals surface area contributed by atoms with E-state index in [-0.39, 0.29) is 6.61 Å². The predicted octanol–water partition coefficient (Wildman–Crippen LogP) is 1.27. The molecule has 0 heterocycles. The molecule has 1 atom stereocenters. The Morgan fingerprint density at radius 2 is 1.94 bits per heavy atom. The largest absolute Gasteiger partial charge is 0.480 e. The second-order valence-electron chi connectivity index (χ2n) is 4.30. The normalized spacial score (nSPS) is 14.3. The summed E-state index contributed by atoms with van der Waals surface area (Å²) in [5, 5.41) is 21.0. The Kier molecular flexibility index (Phi) is 4.66. The van der Waals surface area contributed by atoms with Gasteiger partial charge in [-0.3, -0.25) is 5.32 Å². The third-order valence-electron chi connectivity index (χ3n) is 2.87. The van der Waals surface area contributed by atoms with Crippen molar-refractivity contribution in [1.29, 1.82) is 0 Å². The SMILES string of the molecule is Cc1ccc(C(C)(NCCCO)C(=O)O)cc1. The van der Waals surface area contributed by atoms with Crippen LogP contribution in [0.1, 0.15) is 24.5 Å². The van der Waals surface area contributed by atoms with Crippen molar-refractivity contribution in [2.24, 2.45) is 0 Å². The number of hydrogen-bond donors (Lipinski definition) is 3. The second kappa shape index (κ2) is 5.80. The van der Waals surface area contributed by atoms with Crippen molar-refractivity contribution >= 4 is 5.97 Å². The highest BCUT2D eigenvalue weighted by molar-refractivity contribution is 5.80. The Bertz CT molecular complexity index is 375. The lowest BCUT2D eigenvalue weighted by Gasteiger charge is -2.27. The summed E-state index contributed by atoms with van der Waals surface area (Å²) in [5.74, 6) is -0.917. The third kappa shape index (κ3) is 3.28. The van der Waals surface area contributed by atoms with Gasteiger partial charge in [0, 0.05) is 6.61 Å². The minimum absolute atomic E-state index is 0.0522. The van der Waals surface area contributed by atoms with Crippen molar-refractivity contribution in [1.82, 2.24) is 5.32 Å². The van der Waals surface area contributed by atoms with Crippen molar-refractivity contribution in [3.63, 3.8) is 0 Å². The first-order valence-corrected chi connectivity index (χ1v) is 5.67. The predicted molar refractivity (Wildman–Crippen MR) is 65.9 cm³/mol. The molecule has 0 radical (unpaired) electrons. The van der Waals surface area contributed by atoms with E-state index in [9.17, 15) is 9.90 Å². The summed E-state index contributed by atoms with van der Waals surface area (Å²) >= 11 is 0. The fourth-order valence-corrected chi connectivity index (χ4v) is 1.61. The quantitative estimate of drug-likeness (QED) is 0.652. The average molecular weight is 237 g/mol. The minimum atomic E-state index is -1.11. The van der Waals surface area contributed by atoms with Crippen molar-refractivity contribution in [3.8, 4) is 0 Å². The van der Waals surface area contributed by atoms with E-state index in [0.717, 1.165) is 5.56 Å². The van der Waals surface area contributed by atoms with Crippen LogP contribution >= 0.6 is 0 Å². The van der Waals surface area contributed by atoms with Gasteiger partial charge in [-0.05, 0) is 32.4 Å². The number of benzene rings is 1. The number of hydrogen-bond acceptors (Lipinski definition) is 3. The zero-order chi connectivity index (χ0) is 12.9. The molecule has 1 rings (SSSR count). The molecule has 0 aliphatic carbocycles. The first-order chi connectivity index (χ1) is 8.00. The van der Waals surface area contributed by atoms with Crippen LogP contribution in [-0.2, 0) is 10.3 Å². The number of aliphatic carboxylic acids is 1. The van der Waals surface area contributed by atoms with Crippen LogP contribution in [0.3, 0.4) is 0 Å². The third-order valence-corrected chi connectivity index (χ3v) is 2.87. The Morgan fingerprint density at radius 1 is 1.35 bits per heavy atom. The molecular formula is C13H19NO3. The van der Waals surface area contributed by atoms with E-state index < -0.39 is 11.5 Å². The Morgan fingerprint density at radius 3 is 2.41 bits per heavy atom. The van der Waals surface area contributed by atoms with E-state index in [0.29, 0.717) is 18.5 Å². The fraction of sp³-hybridized carbons (Fsp3) is 0.462. The molecule has 0 aliphatic heterocycles. The number of aliphatic hydroxyl groups excluding tert-OH is 1. The lowest BCUT2D eigenvalue weighted by atomic mass is 9.91. The van der Waals surface area contributed by atoms with Crippen LogP contribution in [0, 0.1) is 6.92 Å². The van der Waals surface area contributed by atoms with Crippen LogP contribution in [-0.4, -0.2) is 29.3 Å². The number of nitrogens with one attached hydrogen (secondary N) is 1. The molecule has 0 aromatic heterocycles. The first-order valence-electron chi connectivity index (χ1n) is 5.67. The highest BCUT2D eigenvalue weighted by Crippen LogP contribution is 2.21. The molecule has 0 bridgehead atoms. The maximum absolute atomic E-state index is 11.4. The van der Waals surface area contributed by atoms with Crippen LogP contribution < -0.4 is 5.32 Å². The fourth-order valence-electron chi connectivity index (χ4n) is 1.61. The van der Waals surface area contributed by atoms with Crippen molar-refractivity contribution in [2.45, 2.75) is 25.8 Å². The topological polar surface area (TPSA) is 69.6 Å². The van der Waals surface area contributed by atoms with Crippen LogP contribution in [0.25, 0.3) is 0 Å². The first kappa shape index (κ1) is 13.7. The molecular weight excluding hydrogens is 218 g/mol. The molecule has 94 valence electrons. The Hall–Kier alpha value is -1.39.